The van der Waals surface area contributed by atoms with Crippen molar-refractivity contribution in [3.05, 3.63) is 28.8 Å². The van der Waals surface area contributed by atoms with Gasteiger partial charge in [0, 0.05) is 5.02 Å². The average molecular weight is 288 g/mol. The van der Waals surface area contributed by atoms with Gasteiger partial charge in [0.2, 0.25) is 0 Å². The Morgan fingerprint density at radius 2 is 1.89 bits per heavy atom. The minimum absolute atomic E-state index is 0.174. The molecule has 1 amide bonds. The largest absolute Gasteiger partial charge is 0.507 e. The van der Waals surface area contributed by atoms with Crippen LogP contribution in [0.2, 0.25) is 5.02 Å². The monoisotopic (exact) mass is 287 g/mol. The number of halogens is 1. The zero-order valence-electron chi connectivity index (χ0n) is 9.46. The van der Waals surface area contributed by atoms with Crippen molar-refractivity contribution < 1.29 is 29.7 Å². The molecule has 4 N–H and O–H groups in total. The van der Waals surface area contributed by atoms with Crippen LogP contribution in [0.3, 0.4) is 0 Å². The second kappa shape index (κ2) is 6.05. The van der Waals surface area contributed by atoms with Gasteiger partial charge in [-0.25, -0.2) is 4.79 Å². The summed E-state index contributed by atoms with van der Waals surface area (Å²) in [4.78, 5) is 33.0. The topological polar surface area (TPSA) is 124 Å². The normalized spacial score (nSPS) is 11.6. The molecule has 0 fully saturated rings. The van der Waals surface area contributed by atoms with Crippen LogP contribution < -0.4 is 5.32 Å². The Hall–Kier alpha value is -2.28. The molecule has 102 valence electrons. The van der Waals surface area contributed by atoms with Gasteiger partial charge in [0.25, 0.3) is 5.91 Å². The van der Waals surface area contributed by atoms with Gasteiger partial charge >= 0.3 is 11.9 Å². The van der Waals surface area contributed by atoms with Crippen molar-refractivity contribution in [2.45, 2.75) is 12.5 Å². The second-order valence-corrected chi connectivity index (χ2v) is 4.06. The predicted molar refractivity (Wildman–Crippen MR) is 64.3 cm³/mol. The van der Waals surface area contributed by atoms with E-state index in [2.05, 4.69) is 0 Å². The molecule has 1 rings (SSSR count). The van der Waals surface area contributed by atoms with E-state index in [9.17, 15) is 19.5 Å². The van der Waals surface area contributed by atoms with E-state index in [-0.39, 0.29) is 16.3 Å². The van der Waals surface area contributed by atoms with Crippen LogP contribution in [-0.2, 0) is 9.59 Å². The van der Waals surface area contributed by atoms with Crippen molar-refractivity contribution in [2.24, 2.45) is 0 Å². The number of benzene rings is 1. The molecule has 1 aromatic rings. The van der Waals surface area contributed by atoms with Crippen LogP contribution >= 0.6 is 11.6 Å². The number of aromatic hydroxyl groups is 1. The Kier molecular flexibility index (Phi) is 4.71. The zero-order chi connectivity index (χ0) is 14.6. The van der Waals surface area contributed by atoms with Crippen LogP contribution in [-0.4, -0.2) is 39.2 Å². The Balaban J connectivity index is 2.90. The van der Waals surface area contributed by atoms with E-state index in [4.69, 9.17) is 21.8 Å². The van der Waals surface area contributed by atoms with Crippen LogP contribution in [0.1, 0.15) is 16.8 Å². The van der Waals surface area contributed by atoms with Gasteiger partial charge in [-0.2, -0.15) is 0 Å². The Morgan fingerprint density at radius 3 is 2.42 bits per heavy atom. The van der Waals surface area contributed by atoms with Crippen LogP contribution in [0.25, 0.3) is 0 Å². The fraction of sp³-hybridized carbons (Fsp3) is 0.182. The molecule has 1 aromatic carbocycles. The highest BCUT2D eigenvalue weighted by Gasteiger charge is 2.24. The van der Waals surface area contributed by atoms with Gasteiger partial charge in [0.15, 0.2) is 0 Å². The third kappa shape index (κ3) is 4.14. The first-order valence-corrected chi connectivity index (χ1v) is 5.43. The average Bonchev–Trinajstić information content (AvgIpc) is 2.30. The number of phenols is 1. The third-order valence-electron chi connectivity index (χ3n) is 2.19. The van der Waals surface area contributed by atoms with Crippen LogP contribution in [0.5, 0.6) is 5.75 Å². The summed E-state index contributed by atoms with van der Waals surface area (Å²) in [6.07, 6.45) is -0.775. The Bertz CT molecular complexity index is 530. The number of carboxylic acids is 2. The van der Waals surface area contributed by atoms with Gasteiger partial charge in [-0.1, -0.05) is 11.6 Å². The fourth-order valence-corrected chi connectivity index (χ4v) is 1.47. The van der Waals surface area contributed by atoms with Crippen molar-refractivity contribution in [1.82, 2.24) is 5.32 Å². The lowest BCUT2D eigenvalue weighted by atomic mass is 10.1. The van der Waals surface area contributed by atoms with Crippen molar-refractivity contribution in [1.29, 1.82) is 0 Å². The standard InChI is InChI=1S/C11H10ClNO6/c12-5-1-2-8(14)6(3-5)10(17)13-7(11(18)19)4-9(15)16/h1-3,7,14H,4H2,(H,13,17)(H,15,16)(H,18,19). The fourth-order valence-electron chi connectivity index (χ4n) is 1.30. The maximum atomic E-state index is 11.7. The van der Waals surface area contributed by atoms with Gasteiger partial charge in [-0.15, -0.1) is 0 Å². The highest BCUT2D eigenvalue weighted by Crippen LogP contribution is 2.21. The van der Waals surface area contributed by atoms with E-state index < -0.39 is 30.3 Å². The number of amides is 1. The number of aliphatic carboxylic acids is 2. The van der Waals surface area contributed by atoms with Crippen LogP contribution in [0.4, 0.5) is 0 Å². The first-order chi connectivity index (χ1) is 8.81. The molecular formula is C11H10ClNO6. The van der Waals surface area contributed by atoms with E-state index in [1.54, 1.807) is 0 Å². The molecule has 19 heavy (non-hydrogen) atoms. The van der Waals surface area contributed by atoms with Gasteiger partial charge in [-0.3, -0.25) is 9.59 Å². The Labute approximate surface area is 112 Å². The summed E-state index contributed by atoms with van der Waals surface area (Å²) in [7, 11) is 0. The first kappa shape index (κ1) is 14.8. The Morgan fingerprint density at radius 1 is 1.26 bits per heavy atom. The minimum Gasteiger partial charge on any atom is -0.507 e. The highest BCUT2D eigenvalue weighted by atomic mass is 35.5. The molecule has 0 aliphatic rings. The molecule has 0 aliphatic carbocycles. The number of hydrogen-bond acceptors (Lipinski definition) is 4. The van der Waals surface area contributed by atoms with Crippen molar-refractivity contribution in [3.8, 4) is 5.75 Å². The maximum Gasteiger partial charge on any atom is 0.326 e. The molecule has 7 nitrogen and oxygen atoms in total. The van der Waals surface area contributed by atoms with Gasteiger partial charge in [0.1, 0.15) is 11.8 Å². The maximum absolute atomic E-state index is 11.7. The summed E-state index contributed by atoms with van der Waals surface area (Å²) in [6.45, 7) is 0. The number of hydrogen-bond donors (Lipinski definition) is 4. The SMILES string of the molecule is O=C(O)CC(NC(=O)c1cc(Cl)ccc1O)C(=O)O. The predicted octanol–water partition coefficient (Wildman–Crippen LogP) is 0.703. The van der Waals surface area contributed by atoms with Gasteiger partial charge < -0.3 is 20.6 Å². The van der Waals surface area contributed by atoms with E-state index in [0.29, 0.717) is 0 Å². The molecule has 0 saturated heterocycles. The lowest BCUT2D eigenvalue weighted by Crippen LogP contribution is -2.42. The number of carboxylic acid groups (broad SMARTS) is 2. The summed E-state index contributed by atoms with van der Waals surface area (Å²) in [5, 5.41) is 28.9. The quantitative estimate of drug-likeness (QED) is 0.632. The van der Waals surface area contributed by atoms with Crippen LogP contribution in [0.15, 0.2) is 18.2 Å². The molecule has 0 bridgehead atoms. The zero-order valence-corrected chi connectivity index (χ0v) is 10.2. The molecule has 0 heterocycles. The summed E-state index contributed by atoms with van der Waals surface area (Å²) >= 11 is 5.64. The van der Waals surface area contributed by atoms with Crippen molar-refractivity contribution in [2.75, 3.05) is 0 Å². The molecular weight excluding hydrogens is 278 g/mol. The molecule has 0 radical (unpaired) electrons. The summed E-state index contributed by atoms with van der Waals surface area (Å²) in [5.74, 6) is -4.17. The third-order valence-corrected chi connectivity index (χ3v) is 2.42. The lowest BCUT2D eigenvalue weighted by Gasteiger charge is -2.13. The van der Waals surface area contributed by atoms with Gasteiger partial charge in [0.05, 0.1) is 12.0 Å². The summed E-state index contributed by atoms with van der Waals surface area (Å²) in [5.41, 5.74) is -0.232. The molecule has 8 heteroatoms. The summed E-state index contributed by atoms with van der Waals surface area (Å²) in [6, 6.07) is 2.07. The van der Waals surface area contributed by atoms with Crippen LogP contribution in [0, 0.1) is 0 Å². The number of nitrogens with one attached hydrogen (secondary N) is 1. The number of carbonyl (C=O) groups is 3. The molecule has 1 atom stereocenters. The first-order valence-electron chi connectivity index (χ1n) is 5.05. The minimum atomic E-state index is -1.59. The second-order valence-electron chi connectivity index (χ2n) is 3.62. The van der Waals surface area contributed by atoms with Crippen molar-refractivity contribution >= 4 is 29.4 Å². The molecule has 0 saturated carbocycles. The van der Waals surface area contributed by atoms with E-state index >= 15 is 0 Å². The van der Waals surface area contributed by atoms with E-state index in [0.717, 1.165) is 6.07 Å². The number of carbonyl (C=O) groups excluding carboxylic acids is 1. The molecule has 0 spiro atoms. The molecule has 0 aromatic heterocycles. The number of phenolic OH excluding ortho intramolecular Hbond substituents is 1. The van der Waals surface area contributed by atoms with Crippen molar-refractivity contribution in [3.63, 3.8) is 0 Å². The lowest BCUT2D eigenvalue weighted by molar-refractivity contribution is -0.145. The number of rotatable bonds is 5. The molecule has 1 unspecified atom stereocenters. The smallest absolute Gasteiger partial charge is 0.326 e. The summed E-state index contributed by atoms with van der Waals surface area (Å²) < 4.78 is 0. The van der Waals surface area contributed by atoms with E-state index in [1.807, 2.05) is 5.32 Å². The van der Waals surface area contributed by atoms with Gasteiger partial charge in [-0.05, 0) is 18.2 Å². The highest BCUT2D eigenvalue weighted by molar-refractivity contribution is 6.31. The van der Waals surface area contributed by atoms with E-state index in [1.165, 1.54) is 12.1 Å². The molecule has 0 aliphatic heterocycles.